The standard InChI is InChI=1S/C13H18N2O2/c1-10(16)3-2-8-15-13(17)9-11-4-6-12(14)7-5-11/h4-7H,2-3,8-9,14H2,1H3,(H,15,17). The van der Waals surface area contributed by atoms with Gasteiger partial charge in [0.25, 0.3) is 0 Å². The maximum absolute atomic E-state index is 11.5. The Hall–Kier alpha value is -1.84. The van der Waals surface area contributed by atoms with E-state index in [-0.39, 0.29) is 11.7 Å². The number of hydrogen-bond acceptors (Lipinski definition) is 3. The highest BCUT2D eigenvalue weighted by Crippen LogP contribution is 2.05. The topological polar surface area (TPSA) is 72.2 Å². The van der Waals surface area contributed by atoms with Gasteiger partial charge in [-0.25, -0.2) is 0 Å². The van der Waals surface area contributed by atoms with Crippen LogP contribution in [0.25, 0.3) is 0 Å². The minimum absolute atomic E-state index is 0.0293. The number of ketones is 1. The van der Waals surface area contributed by atoms with Gasteiger partial charge < -0.3 is 15.8 Å². The average molecular weight is 234 g/mol. The van der Waals surface area contributed by atoms with Gasteiger partial charge in [-0.05, 0) is 31.0 Å². The zero-order chi connectivity index (χ0) is 12.7. The monoisotopic (exact) mass is 234 g/mol. The Labute approximate surface area is 101 Å². The van der Waals surface area contributed by atoms with E-state index in [1.807, 2.05) is 12.1 Å². The van der Waals surface area contributed by atoms with E-state index in [0.717, 1.165) is 5.56 Å². The molecule has 3 N–H and O–H groups in total. The van der Waals surface area contributed by atoms with Crippen molar-refractivity contribution in [3.8, 4) is 0 Å². The number of nitrogen functional groups attached to an aromatic ring is 1. The molecular formula is C13H18N2O2. The molecule has 0 atom stereocenters. The molecule has 0 aliphatic rings. The summed E-state index contributed by atoms with van der Waals surface area (Å²) >= 11 is 0. The van der Waals surface area contributed by atoms with E-state index in [2.05, 4.69) is 5.32 Å². The summed E-state index contributed by atoms with van der Waals surface area (Å²) in [6, 6.07) is 7.23. The van der Waals surface area contributed by atoms with Crippen LogP contribution in [0.4, 0.5) is 5.69 Å². The smallest absolute Gasteiger partial charge is 0.224 e. The summed E-state index contributed by atoms with van der Waals surface area (Å²) in [5, 5.41) is 2.78. The largest absolute Gasteiger partial charge is 0.399 e. The van der Waals surface area contributed by atoms with Crippen LogP contribution in [-0.2, 0) is 16.0 Å². The molecule has 92 valence electrons. The summed E-state index contributed by atoms with van der Waals surface area (Å²) in [7, 11) is 0. The lowest BCUT2D eigenvalue weighted by molar-refractivity contribution is -0.121. The summed E-state index contributed by atoms with van der Waals surface area (Å²) in [4.78, 5) is 22.2. The van der Waals surface area contributed by atoms with E-state index >= 15 is 0 Å². The third-order valence-electron chi connectivity index (χ3n) is 2.37. The van der Waals surface area contributed by atoms with Crippen molar-refractivity contribution >= 4 is 17.4 Å². The summed E-state index contributed by atoms with van der Waals surface area (Å²) in [5.74, 6) is 0.121. The van der Waals surface area contributed by atoms with Crippen LogP contribution in [0.15, 0.2) is 24.3 Å². The molecule has 0 saturated carbocycles. The predicted molar refractivity (Wildman–Crippen MR) is 67.5 cm³/mol. The quantitative estimate of drug-likeness (QED) is 0.575. The molecule has 17 heavy (non-hydrogen) atoms. The Morgan fingerprint density at radius 1 is 1.24 bits per heavy atom. The summed E-state index contributed by atoms with van der Waals surface area (Å²) in [6.07, 6.45) is 1.56. The predicted octanol–water partition coefficient (Wildman–Crippen LogP) is 1.30. The molecule has 0 heterocycles. The number of carbonyl (C=O) groups excluding carboxylic acids is 2. The van der Waals surface area contributed by atoms with Crippen LogP contribution >= 0.6 is 0 Å². The zero-order valence-electron chi connectivity index (χ0n) is 10.0. The van der Waals surface area contributed by atoms with Gasteiger partial charge in [-0.1, -0.05) is 12.1 Å². The maximum Gasteiger partial charge on any atom is 0.224 e. The Morgan fingerprint density at radius 3 is 2.47 bits per heavy atom. The number of Topliss-reactive ketones (excluding diaryl/α,β-unsaturated/α-hetero) is 1. The summed E-state index contributed by atoms with van der Waals surface area (Å²) in [6.45, 7) is 2.10. The van der Waals surface area contributed by atoms with Crippen LogP contribution in [0.2, 0.25) is 0 Å². The van der Waals surface area contributed by atoms with Gasteiger partial charge in [-0.15, -0.1) is 0 Å². The first-order valence-electron chi connectivity index (χ1n) is 5.68. The van der Waals surface area contributed by atoms with Gasteiger partial charge in [-0.3, -0.25) is 4.79 Å². The van der Waals surface area contributed by atoms with Crippen LogP contribution in [0, 0.1) is 0 Å². The van der Waals surface area contributed by atoms with E-state index < -0.39 is 0 Å². The Balaban J connectivity index is 2.25. The molecule has 0 unspecified atom stereocenters. The second-order valence-electron chi connectivity index (χ2n) is 4.07. The molecule has 1 amide bonds. The first-order chi connectivity index (χ1) is 8.08. The number of anilines is 1. The molecule has 0 aliphatic carbocycles. The third-order valence-corrected chi connectivity index (χ3v) is 2.37. The number of carbonyl (C=O) groups is 2. The molecular weight excluding hydrogens is 216 g/mol. The van der Waals surface area contributed by atoms with Crippen LogP contribution in [0.5, 0.6) is 0 Å². The van der Waals surface area contributed by atoms with E-state index in [1.165, 1.54) is 0 Å². The molecule has 0 saturated heterocycles. The van der Waals surface area contributed by atoms with Crippen molar-refractivity contribution in [2.24, 2.45) is 0 Å². The van der Waals surface area contributed by atoms with Crippen molar-refractivity contribution in [2.45, 2.75) is 26.2 Å². The molecule has 1 aromatic carbocycles. The van der Waals surface area contributed by atoms with E-state index in [1.54, 1.807) is 19.1 Å². The first kappa shape index (κ1) is 13.2. The molecule has 0 aromatic heterocycles. The lowest BCUT2D eigenvalue weighted by Gasteiger charge is -2.04. The number of rotatable bonds is 6. The molecule has 4 nitrogen and oxygen atoms in total. The molecule has 1 rings (SSSR count). The second-order valence-corrected chi connectivity index (χ2v) is 4.07. The first-order valence-corrected chi connectivity index (χ1v) is 5.68. The van der Waals surface area contributed by atoms with Gasteiger partial charge in [0.2, 0.25) is 5.91 Å². The minimum atomic E-state index is -0.0293. The highest BCUT2D eigenvalue weighted by atomic mass is 16.1. The van der Waals surface area contributed by atoms with Gasteiger partial charge in [0.15, 0.2) is 0 Å². The van der Waals surface area contributed by atoms with E-state index in [4.69, 9.17) is 5.73 Å². The fourth-order valence-electron chi connectivity index (χ4n) is 1.45. The maximum atomic E-state index is 11.5. The van der Waals surface area contributed by atoms with Crippen LogP contribution in [0.3, 0.4) is 0 Å². The number of nitrogens with two attached hydrogens (primary N) is 1. The minimum Gasteiger partial charge on any atom is -0.399 e. The normalized spacial score (nSPS) is 9.94. The van der Waals surface area contributed by atoms with Crippen molar-refractivity contribution in [1.82, 2.24) is 5.32 Å². The Bertz CT molecular complexity index is 385. The fraction of sp³-hybridized carbons (Fsp3) is 0.385. The van der Waals surface area contributed by atoms with Gasteiger partial charge in [0.05, 0.1) is 6.42 Å². The fourth-order valence-corrected chi connectivity index (χ4v) is 1.45. The van der Waals surface area contributed by atoms with E-state index in [9.17, 15) is 9.59 Å². The van der Waals surface area contributed by atoms with Gasteiger partial charge >= 0.3 is 0 Å². The van der Waals surface area contributed by atoms with Gasteiger partial charge in [-0.2, -0.15) is 0 Å². The average Bonchev–Trinajstić information content (AvgIpc) is 2.27. The number of nitrogens with one attached hydrogen (secondary N) is 1. The molecule has 0 bridgehead atoms. The lowest BCUT2D eigenvalue weighted by atomic mass is 10.1. The number of hydrogen-bond donors (Lipinski definition) is 2. The van der Waals surface area contributed by atoms with Crippen LogP contribution < -0.4 is 11.1 Å². The second kappa shape index (κ2) is 6.68. The van der Waals surface area contributed by atoms with Crippen molar-refractivity contribution < 1.29 is 9.59 Å². The number of amides is 1. The van der Waals surface area contributed by atoms with Gasteiger partial charge in [0.1, 0.15) is 5.78 Å². The van der Waals surface area contributed by atoms with Crippen LogP contribution in [-0.4, -0.2) is 18.2 Å². The zero-order valence-corrected chi connectivity index (χ0v) is 10.0. The van der Waals surface area contributed by atoms with Gasteiger partial charge in [0, 0.05) is 18.7 Å². The highest BCUT2D eigenvalue weighted by molar-refractivity contribution is 5.79. The van der Waals surface area contributed by atoms with Crippen molar-refractivity contribution in [1.29, 1.82) is 0 Å². The van der Waals surface area contributed by atoms with Crippen LogP contribution in [0.1, 0.15) is 25.3 Å². The summed E-state index contributed by atoms with van der Waals surface area (Å²) in [5.41, 5.74) is 7.18. The third kappa shape index (κ3) is 5.70. The van der Waals surface area contributed by atoms with Crippen molar-refractivity contribution in [2.75, 3.05) is 12.3 Å². The molecule has 0 aliphatic heterocycles. The Kier molecular flexibility index (Phi) is 5.20. The lowest BCUT2D eigenvalue weighted by Crippen LogP contribution is -2.26. The molecule has 0 fully saturated rings. The molecule has 1 aromatic rings. The highest BCUT2D eigenvalue weighted by Gasteiger charge is 2.02. The van der Waals surface area contributed by atoms with E-state index in [0.29, 0.717) is 31.5 Å². The SMILES string of the molecule is CC(=O)CCCNC(=O)Cc1ccc(N)cc1. The summed E-state index contributed by atoms with van der Waals surface area (Å²) < 4.78 is 0. The number of benzene rings is 1. The van der Waals surface area contributed by atoms with Crippen molar-refractivity contribution in [3.05, 3.63) is 29.8 Å². The van der Waals surface area contributed by atoms with Crippen molar-refractivity contribution in [3.63, 3.8) is 0 Å². The molecule has 0 radical (unpaired) electrons. The Morgan fingerprint density at radius 2 is 1.88 bits per heavy atom. The molecule has 0 spiro atoms. The molecule has 4 heteroatoms.